The molecule has 7 heteroatoms. The van der Waals surface area contributed by atoms with E-state index in [4.69, 9.17) is 4.74 Å². The third kappa shape index (κ3) is 4.85. The number of benzene rings is 1. The standard InChI is InChI=1S/C18H23N3O3S/c1-14(20-8-10-24-11-9-20)12-19-13-17-6-7-18(25-17)15-2-4-16(5-3-15)21(22)23/h2-7,14,19H,8-13H2,1H3. The fraction of sp³-hybridized carbons (Fsp3) is 0.444. The minimum Gasteiger partial charge on any atom is -0.379 e. The largest absolute Gasteiger partial charge is 0.379 e. The summed E-state index contributed by atoms with van der Waals surface area (Å²) in [4.78, 5) is 15.2. The molecule has 1 aromatic heterocycles. The minimum absolute atomic E-state index is 0.124. The summed E-state index contributed by atoms with van der Waals surface area (Å²) in [5, 5.41) is 14.3. The van der Waals surface area contributed by atoms with Crippen LogP contribution in [0.2, 0.25) is 0 Å². The van der Waals surface area contributed by atoms with Gasteiger partial charge in [-0.3, -0.25) is 15.0 Å². The van der Waals surface area contributed by atoms with Crippen LogP contribution in [0.3, 0.4) is 0 Å². The summed E-state index contributed by atoms with van der Waals surface area (Å²) < 4.78 is 5.39. The summed E-state index contributed by atoms with van der Waals surface area (Å²) in [6.07, 6.45) is 0. The Kier molecular flexibility index (Phi) is 6.14. The van der Waals surface area contributed by atoms with E-state index >= 15 is 0 Å². The van der Waals surface area contributed by atoms with Crippen molar-refractivity contribution in [2.24, 2.45) is 0 Å². The van der Waals surface area contributed by atoms with Crippen LogP contribution in [0.1, 0.15) is 11.8 Å². The lowest BCUT2D eigenvalue weighted by Gasteiger charge is -2.32. The summed E-state index contributed by atoms with van der Waals surface area (Å²) in [6, 6.07) is 11.4. The molecule has 25 heavy (non-hydrogen) atoms. The molecule has 1 atom stereocenters. The molecule has 0 spiro atoms. The van der Waals surface area contributed by atoms with E-state index in [2.05, 4.69) is 29.3 Å². The molecular formula is C18H23N3O3S. The lowest BCUT2D eigenvalue weighted by Crippen LogP contribution is -2.46. The SMILES string of the molecule is CC(CNCc1ccc(-c2ccc([N+](=O)[O-])cc2)s1)N1CCOCC1. The molecule has 0 bridgehead atoms. The molecule has 1 N–H and O–H groups in total. The van der Waals surface area contributed by atoms with Crippen LogP contribution in [0.25, 0.3) is 10.4 Å². The maximum Gasteiger partial charge on any atom is 0.269 e. The predicted molar refractivity (Wildman–Crippen MR) is 100.0 cm³/mol. The van der Waals surface area contributed by atoms with Gasteiger partial charge < -0.3 is 10.1 Å². The Morgan fingerprint density at radius 2 is 1.96 bits per heavy atom. The highest BCUT2D eigenvalue weighted by Crippen LogP contribution is 2.29. The maximum atomic E-state index is 10.7. The number of rotatable bonds is 7. The highest BCUT2D eigenvalue weighted by atomic mass is 32.1. The topological polar surface area (TPSA) is 67.6 Å². The van der Waals surface area contributed by atoms with Crippen LogP contribution in [-0.4, -0.2) is 48.7 Å². The molecule has 134 valence electrons. The van der Waals surface area contributed by atoms with Gasteiger partial charge in [0.05, 0.1) is 18.1 Å². The van der Waals surface area contributed by atoms with E-state index in [9.17, 15) is 10.1 Å². The highest BCUT2D eigenvalue weighted by molar-refractivity contribution is 7.15. The third-order valence-electron chi connectivity index (χ3n) is 4.43. The van der Waals surface area contributed by atoms with Gasteiger partial charge in [-0.2, -0.15) is 0 Å². The van der Waals surface area contributed by atoms with E-state index in [1.54, 1.807) is 23.5 Å². The van der Waals surface area contributed by atoms with E-state index in [1.807, 2.05) is 12.1 Å². The number of non-ortho nitro benzene ring substituents is 1. The Hall–Kier alpha value is -1.80. The van der Waals surface area contributed by atoms with Crippen LogP contribution >= 0.6 is 11.3 Å². The van der Waals surface area contributed by atoms with E-state index in [-0.39, 0.29) is 10.6 Å². The first-order valence-corrected chi connectivity index (χ1v) is 9.31. The molecule has 2 heterocycles. The second-order valence-electron chi connectivity index (χ2n) is 6.20. The molecule has 1 aromatic carbocycles. The summed E-state index contributed by atoms with van der Waals surface area (Å²) in [6.45, 7) is 7.70. The van der Waals surface area contributed by atoms with Gasteiger partial charge in [-0.05, 0) is 36.8 Å². The van der Waals surface area contributed by atoms with Crippen molar-refractivity contribution >= 4 is 17.0 Å². The molecule has 0 aliphatic carbocycles. The van der Waals surface area contributed by atoms with Crippen molar-refractivity contribution in [2.75, 3.05) is 32.8 Å². The maximum absolute atomic E-state index is 10.7. The van der Waals surface area contributed by atoms with E-state index in [0.29, 0.717) is 6.04 Å². The van der Waals surface area contributed by atoms with Crippen LogP contribution in [0.4, 0.5) is 5.69 Å². The van der Waals surface area contributed by atoms with Gasteiger partial charge in [0.15, 0.2) is 0 Å². The molecule has 1 saturated heterocycles. The zero-order valence-electron chi connectivity index (χ0n) is 14.3. The average molecular weight is 361 g/mol. The molecule has 0 amide bonds. The van der Waals surface area contributed by atoms with Crippen molar-refractivity contribution in [2.45, 2.75) is 19.5 Å². The molecule has 2 aromatic rings. The number of morpholine rings is 1. The molecule has 3 rings (SSSR count). The Bertz CT molecular complexity index is 696. The van der Waals surface area contributed by atoms with E-state index in [0.717, 1.165) is 49.8 Å². The number of ether oxygens (including phenoxy) is 1. The van der Waals surface area contributed by atoms with Gasteiger partial charge in [0, 0.05) is 54.1 Å². The van der Waals surface area contributed by atoms with Crippen molar-refractivity contribution in [1.82, 2.24) is 10.2 Å². The number of nitrogens with one attached hydrogen (secondary N) is 1. The zero-order valence-corrected chi connectivity index (χ0v) is 15.1. The first-order chi connectivity index (χ1) is 12.1. The number of hydrogen-bond donors (Lipinski definition) is 1. The number of nitrogens with zero attached hydrogens (tertiary/aromatic N) is 2. The summed E-state index contributed by atoms with van der Waals surface area (Å²) in [5.74, 6) is 0. The zero-order chi connectivity index (χ0) is 17.6. The van der Waals surface area contributed by atoms with Gasteiger partial charge in [-0.15, -0.1) is 11.3 Å². The van der Waals surface area contributed by atoms with Gasteiger partial charge in [-0.1, -0.05) is 0 Å². The molecule has 1 unspecified atom stereocenters. The minimum atomic E-state index is -0.372. The van der Waals surface area contributed by atoms with Crippen molar-refractivity contribution < 1.29 is 9.66 Å². The summed E-state index contributed by atoms with van der Waals surface area (Å²) in [5.41, 5.74) is 1.14. The van der Waals surface area contributed by atoms with Gasteiger partial charge >= 0.3 is 0 Å². The van der Waals surface area contributed by atoms with Crippen LogP contribution in [0, 0.1) is 10.1 Å². The smallest absolute Gasteiger partial charge is 0.269 e. The van der Waals surface area contributed by atoms with Crippen molar-refractivity contribution in [3.05, 3.63) is 51.4 Å². The molecular weight excluding hydrogens is 338 g/mol. The fourth-order valence-electron chi connectivity index (χ4n) is 2.93. The molecule has 1 aliphatic rings. The predicted octanol–water partition coefficient (Wildman–Crippen LogP) is 3.13. The number of nitro benzene ring substituents is 1. The second kappa shape index (κ2) is 8.53. The third-order valence-corrected chi connectivity index (χ3v) is 5.57. The van der Waals surface area contributed by atoms with Gasteiger partial charge in [0.2, 0.25) is 0 Å². The van der Waals surface area contributed by atoms with Gasteiger partial charge in [0.1, 0.15) is 0 Å². The molecule has 1 aliphatic heterocycles. The quantitative estimate of drug-likeness (QED) is 0.606. The Balaban J connectivity index is 1.50. The van der Waals surface area contributed by atoms with E-state index in [1.165, 1.54) is 4.88 Å². The molecule has 0 radical (unpaired) electrons. The lowest BCUT2D eigenvalue weighted by atomic mass is 10.2. The normalized spacial score (nSPS) is 16.7. The first kappa shape index (κ1) is 18.0. The van der Waals surface area contributed by atoms with Crippen LogP contribution in [0.5, 0.6) is 0 Å². The number of hydrogen-bond acceptors (Lipinski definition) is 6. The molecule has 1 fully saturated rings. The molecule has 0 saturated carbocycles. The van der Waals surface area contributed by atoms with Crippen molar-refractivity contribution in [1.29, 1.82) is 0 Å². The second-order valence-corrected chi connectivity index (χ2v) is 7.37. The van der Waals surface area contributed by atoms with Crippen LogP contribution < -0.4 is 5.32 Å². The average Bonchev–Trinajstić information content (AvgIpc) is 3.11. The van der Waals surface area contributed by atoms with Crippen LogP contribution in [-0.2, 0) is 11.3 Å². The Morgan fingerprint density at radius 3 is 2.64 bits per heavy atom. The lowest BCUT2D eigenvalue weighted by molar-refractivity contribution is -0.384. The van der Waals surface area contributed by atoms with Gasteiger partial charge in [0.25, 0.3) is 5.69 Å². The number of thiophene rings is 1. The summed E-state index contributed by atoms with van der Waals surface area (Å²) >= 11 is 1.72. The fourth-order valence-corrected chi connectivity index (χ4v) is 3.91. The van der Waals surface area contributed by atoms with Gasteiger partial charge in [-0.25, -0.2) is 0 Å². The monoisotopic (exact) mass is 361 g/mol. The Morgan fingerprint density at radius 1 is 1.24 bits per heavy atom. The van der Waals surface area contributed by atoms with Crippen molar-refractivity contribution in [3.63, 3.8) is 0 Å². The Labute approximate surface area is 151 Å². The summed E-state index contributed by atoms with van der Waals surface area (Å²) in [7, 11) is 0. The first-order valence-electron chi connectivity index (χ1n) is 8.49. The molecule has 6 nitrogen and oxygen atoms in total. The van der Waals surface area contributed by atoms with E-state index < -0.39 is 0 Å². The van der Waals surface area contributed by atoms with Crippen LogP contribution in [0.15, 0.2) is 36.4 Å². The number of nitro groups is 1. The van der Waals surface area contributed by atoms with Crippen molar-refractivity contribution in [3.8, 4) is 10.4 Å². The highest BCUT2D eigenvalue weighted by Gasteiger charge is 2.16.